The summed E-state index contributed by atoms with van der Waals surface area (Å²) in [6, 6.07) is 3.96. The highest BCUT2D eigenvalue weighted by Crippen LogP contribution is 2.20. The Bertz CT molecular complexity index is 380. The molecule has 68 valence electrons. The minimum atomic E-state index is 0.144. The highest BCUT2D eigenvalue weighted by molar-refractivity contribution is 7.80. The molecule has 0 aliphatic carbocycles. The van der Waals surface area contributed by atoms with Crippen molar-refractivity contribution in [3.63, 3.8) is 0 Å². The van der Waals surface area contributed by atoms with Crippen molar-refractivity contribution >= 4 is 12.6 Å². The predicted octanol–water partition coefficient (Wildman–Crippen LogP) is 2.37. The largest absolute Gasteiger partial charge is 0.467 e. The number of imidazole rings is 1. The third-order valence-corrected chi connectivity index (χ3v) is 2.37. The van der Waals surface area contributed by atoms with E-state index >= 15 is 0 Å². The number of rotatable bonds is 2. The van der Waals surface area contributed by atoms with E-state index in [9.17, 15) is 0 Å². The van der Waals surface area contributed by atoms with Crippen LogP contribution in [0.4, 0.5) is 0 Å². The van der Waals surface area contributed by atoms with Crippen molar-refractivity contribution in [1.29, 1.82) is 0 Å². The summed E-state index contributed by atoms with van der Waals surface area (Å²) in [5, 5.41) is 0.698. The van der Waals surface area contributed by atoms with Crippen LogP contribution >= 0.6 is 12.6 Å². The first-order chi connectivity index (χ1) is 6.29. The summed E-state index contributed by atoms with van der Waals surface area (Å²) < 4.78 is 7.24. The van der Waals surface area contributed by atoms with Crippen LogP contribution in [0.15, 0.2) is 40.4 Å². The van der Waals surface area contributed by atoms with Crippen LogP contribution in [0.25, 0.3) is 0 Å². The van der Waals surface area contributed by atoms with Gasteiger partial charge >= 0.3 is 0 Å². The average Bonchev–Trinajstić information content (AvgIpc) is 2.72. The molecule has 2 heterocycles. The molecule has 2 rings (SSSR count). The lowest BCUT2D eigenvalue weighted by atomic mass is 10.2. The fourth-order valence-corrected chi connectivity index (χ4v) is 1.58. The minimum absolute atomic E-state index is 0.144. The Morgan fingerprint density at radius 3 is 3.00 bits per heavy atom. The number of furan rings is 1. The van der Waals surface area contributed by atoms with Crippen LogP contribution in [-0.2, 0) is 0 Å². The standard InChI is InChI=1S/C9H10N2OS/c1-7(8-3-2-6-12-8)11-5-4-10-9(11)13/h2-7H,1H3,(H,10,13). The molecule has 1 unspecified atom stereocenters. The lowest BCUT2D eigenvalue weighted by molar-refractivity contribution is 0.432. The fourth-order valence-electron chi connectivity index (χ4n) is 1.27. The van der Waals surface area contributed by atoms with Gasteiger partial charge < -0.3 is 8.98 Å². The molecular weight excluding hydrogens is 184 g/mol. The number of aromatic nitrogens is 2. The van der Waals surface area contributed by atoms with Crippen LogP contribution in [0.5, 0.6) is 0 Å². The van der Waals surface area contributed by atoms with Gasteiger partial charge in [-0.1, -0.05) is 0 Å². The molecule has 13 heavy (non-hydrogen) atoms. The topological polar surface area (TPSA) is 31.0 Å². The molecule has 3 nitrogen and oxygen atoms in total. The molecular formula is C9H10N2OS. The van der Waals surface area contributed by atoms with Gasteiger partial charge in [0.15, 0.2) is 5.16 Å². The Morgan fingerprint density at radius 2 is 2.46 bits per heavy atom. The quantitative estimate of drug-likeness (QED) is 0.744. The van der Waals surface area contributed by atoms with Gasteiger partial charge in [-0.15, -0.1) is 12.6 Å². The van der Waals surface area contributed by atoms with Gasteiger partial charge in [-0.25, -0.2) is 4.98 Å². The van der Waals surface area contributed by atoms with Crippen molar-refractivity contribution in [3.8, 4) is 0 Å². The first-order valence-corrected chi connectivity index (χ1v) is 4.49. The number of nitrogens with zero attached hydrogens (tertiary/aromatic N) is 2. The smallest absolute Gasteiger partial charge is 0.165 e. The van der Waals surface area contributed by atoms with Crippen molar-refractivity contribution < 1.29 is 4.42 Å². The molecule has 1 atom stereocenters. The highest BCUT2D eigenvalue weighted by Gasteiger charge is 2.11. The van der Waals surface area contributed by atoms with Crippen LogP contribution in [-0.4, -0.2) is 9.55 Å². The maximum absolute atomic E-state index is 5.29. The van der Waals surface area contributed by atoms with Crippen LogP contribution in [0.1, 0.15) is 18.7 Å². The zero-order valence-corrected chi connectivity index (χ0v) is 8.11. The maximum Gasteiger partial charge on any atom is 0.165 e. The van der Waals surface area contributed by atoms with E-state index in [0.29, 0.717) is 5.16 Å². The first kappa shape index (κ1) is 8.44. The van der Waals surface area contributed by atoms with Crippen molar-refractivity contribution in [2.45, 2.75) is 18.1 Å². The molecule has 0 fully saturated rings. The van der Waals surface area contributed by atoms with E-state index in [1.807, 2.05) is 29.8 Å². The minimum Gasteiger partial charge on any atom is -0.467 e. The first-order valence-electron chi connectivity index (χ1n) is 4.04. The number of thiol groups is 1. The zero-order chi connectivity index (χ0) is 9.26. The highest BCUT2D eigenvalue weighted by atomic mass is 32.1. The Balaban J connectivity index is 2.33. The maximum atomic E-state index is 5.29. The molecule has 0 radical (unpaired) electrons. The molecule has 2 aromatic rings. The molecule has 0 saturated carbocycles. The molecule has 0 bridgehead atoms. The summed E-state index contributed by atoms with van der Waals surface area (Å²) in [4.78, 5) is 4.03. The number of hydrogen-bond acceptors (Lipinski definition) is 3. The van der Waals surface area contributed by atoms with Gasteiger partial charge in [-0.05, 0) is 19.1 Å². The van der Waals surface area contributed by atoms with E-state index in [-0.39, 0.29) is 6.04 Å². The van der Waals surface area contributed by atoms with E-state index in [4.69, 9.17) is 4.42 Å². The zero-order valence-electron chi connectivity index (χ0n) is 7.21. The molecule has 0 N–H and O–H groups in total. The molecule has 0 amide bonds. The third kappa shape index (κ3) is 1.49. The van der Waals surface area contributed by atoms with E-state index < -0.39 is 0 Å². The third-order valence-electron chi connectivity index (χ3n) is 2.02. The van der Waals surface area contributed by atoms with Crippen LogP contribution < -0.4 is 0 Å². The summed E-state index contributed by atoms with van der Waals surface area (Å²) in [6.07, 6.45) is 5.28. The second-order valence-electron chi connectivity index (χ2n) is 2.83. The molecule has 0 spiro atoms. The van der Waals surface area contributed by atoms with Crippen LogP contribution in [0, 0.1) is 0 Å². The average molecular weight is 194 g/mol. The normalized spacial score (nSPS) is 13.1. The van der Waals surface area contributed by atoms with E-state index in [1.54, 1.807) is 12.5 Å². The summed E-state index contributed by atoms with van der Waals surface area (Å²) in [5.41, 5.74) is 0. The SMILES string of the molecule is CC(c1ccco1)n1ccnc1S. The Hall–Kier alpha value is -1.16. The number of hydrogen-bond donors (Lipinski definition) is 1. The lowest BCUT2D eigenvalue weighted by Gasteiger charge is -2.11. The van der Waals surface area contributed by atoms with E-state index in [2.05, 4.69) is 17.6 Å². The molecule has 4 heteroatoms. The van der Waals surface area contributed by atoms with Gasteiger partial charge in [0.05, 0.1) is 12.3 Å². The second-order valence-corrected chi connectivity index (χ2v) is 3.23. The van der Waals surface area contributed by atoms with Gasteiger partial charge in [-0.2, -0.15) is 0 Å². The summed E-state index contributed by atoms with van der Waals surface area (Å²) in [5.74, 6) is 0.910. The van der Waals surface area contributed by atoms with E-state index in [1.165, 1.54) is 0 Å². The summed E-state index contributed by atoms with van der Waals surface area (Å²) >= 11 is 4.23. The summed E-state index contributed by atoms with van der Waals surface area (Å²) in [6.45, 7) is 2.04. The molecule has 0 saturated heterocycles. The summed E-state index contributed by atoms with van der Waals surface area (Å²) in [7, 11) is 0. The Labute approximate surface area is 81.8 Å². The van der Waals surface area contributed by atoms with Crippen LogP contribution in [0.2, 0.25) is 0 Å². The fraction of sp³-hybridized carbons (Fsp3) is 0.222. The van der Waals surface area contributed by atoms with Crippen molar-refractivity contribution in [1.82, 2.24) is 9.55 Å². The molecule has 2 aromatic heterocycles. The van der Waals surface area contributed by atoms with Crippen molar-refractivity contribution in [2.75, 3.05) is 0 Å². The molecule has 0 aromatic carbocycles. The predicted molar refractivity (Wildman–Crippen MR) is 52.0 cm³/mol. The van der Waals surface area contributed by atoms with Gasteiger partial charge in [0.25, 0.3) is 0 Å². The molecule has 0 aliphatic rings. The van der Waals surface area contributed by atoms with Crippen molar-refractivity contribution in [2.24, 2.45) is 0 Å². The van der Waals surface area contributed by atoms with Crippen molar-refractivity contribution in [3.05, 3.63) is 36.5 Å². The monoisotopic (exact) mass is 194 g/mol. The molecule has 0 aliphatic heterocycles. The van der Waals surface area contributed by atoms with Gasteiger partial charge in [0.1, 0.15) is 5.76 Å². The lowest BCUT2D eigenvalue weighted by Crippen LogP contribution is -2.04. The Morgan fingerprint density at radius 1 is 1.62 bits per heavy atom. The van der Waals surface area contributed by atoms with Crippen LogP contribution in [0.3, 0.4) is 0 Å². The Kier molecular flexibility index (Phi) is 2.14. The van der Waals surface area contributed by atoms with E-state index in [0.717, 1.165) is 5.76 Å². The van der Waals surface area contributed by atoms with Gasteiger partial charge in [0.2, 0.25) is 0 Å². The van der Waals surface area contributed by atoms with Gasteiger partial charge in [-0.3, -0.25) is 0 Å². The van der Waals surface area contributed by atoms with Gasteiger partial charge in [0, 0.05) is 12.4 Å². The second kappa shape index (κ2) is 3.30.